The number of hydrogen-bond donors (Lipinski definition) is 6. The Hall–Kier alpha value is -3.16. The van der Waals surface area contributed by atoms with E-state index >= 15 is 0 Å². The summed E-state index contributed by atoms with van der Waals surface area (Å²) < 4.78 is 17.7. The highest BCUT2D eigenvalue weighted by atomic mass is 16.7. The molecule has 1 amide bonds. The van der Waals surface area contributed by atoms with Crippen LogP contribution in [0.1, 0.15) is 355 Å². The molecule has 0 bridgehead atoms. The molecule has 1 aliphatic heterocycles. The van der Waals surface area contributed by atoms with Crippen molar-refractivity contribution < 1.29 is 49.3 Å². The van der Waals surface area contributed by atoms with E-state index in [2.05, 4.69) is 99.0 Å². The van der Waals surface area contributed by atoms with E-state index < -0.39 is 67.4 Å². The highest BCUT2D eigenvalue weighted by molar-refractivity contribution is 5.80. The van der Waals surface area contributed by atoms with E-state index in [4.69, 9.17) is 14.2 Å². The average Bonchev–Trinajstić information content (AvgIpc) is 0.928. The summed E-state index contributed by atoms with van der Waals surface area (Å²) in [7, 11) is 0. The number of rotatable bonds is 67. The highest BCUT2D eigenvalue weighted by Crippen LogP contribution is 2.26. The Morgan fingerprint density at radius 2 is 0.750 bits per heavy atom. The van der Waals surface area contributed by atoms with E-state index in [-0.39, 0.29) is 19.4 Å². The van der Waals surface area contributed by atoms with E-state index in [1.54, 1.807) is 6.08 Å². The molecule has 0 aromatic carbocycles. The van der Waals surface area contributed by atoms with Crippen LogP contribution in [0.25, 0.3) is 0 Å². The maximum absolute atomic E-state index is 13.5. The first kappa shape index (κ1) is 86.9. The predicted octanol–water partition coefficient (Wildman–Crippen LogP) is 20.8. The van der Waals surface area contributed by atoms with Crippen LogP contribution in [0.2, 0.25) is 0 Å². The van der Waals surface area contributed by atoms with Gasteiger partial charge in [0.05, 0.1) is 25.4 Å². The molecule has 0 radical (unpaired) electrons. The summed E-state index contributed by atoms with van der Waals surface area (Å²) in [6.45, 7) is 5.78. The van der Waals surface area contributed by atoms with Crippen molar-refractivity contribution in [1.82, 2.24) is 5.32 Å². The Balaban J connectivity index is 2.51. The van der Waals surface area contributed by atoms with Crippen LogP contribution in [-0.4, -0.2) is 99.6 Å². The quantitative estimate of drug-likeness (QED) is 0.0195. The normalized spacial score (nSPS) is 18.4. The van der Waals surface area contributed by atoms with Gasteiger partial charge in [-0.1, -0.05) is 331 Å². The summed E-state index contributed by atoms with van der Waals surface area (Å²) in [5.41, 5.74) is 0. The van der Waals surface area contributed by atoms with Crippen molar-refractivity contribution in [2.45, 2.75) is 404 Å². The standard InChI is InChI=1S/C81H145NO10/c1-4-7-10-13-16-19-22-25-27-29-31-33-35-37-38-39-41-43-45-47-49-51-54-57-60-63-66-69-76(86)92-79-78(88)77(87)75(70-83)91-81(79)90-71-72(73(84)67-64-61-58-55-52-24-21-18-15-12-9-6-3)82-80(89)74(85)68-65-62-59-56-53-50-48-46-44-42-40-36-34-32-30-28-26-23-20-17-14-11-8-5-2/h16-17,19-20,25-28,32,34,40,42,64,67,72-75,77-79,81,83-85,87-88H,4-15,18,21-24,29-31,33,35-39,41,43-63,65-66,68-71H2,1-3H3,(H,82,89)/b19-16-,20-17-,27-25-,28-26-,34-32-,42-40-,67-64+. The number of aliphatic hydroxyl groups excluding tert-OH is 5. The molecule has 1 saturated heterocycles. The van der Waals surface area contributed by atoms with E-state index in [0.29, 0.717) is 12.8 Å². The van der Waals surface area contributed by atoms with Crippen LogP contribution >= 0.6 is 0 Å². The van der Waals surface area contributed by atoms with Gasteiger partial charge in [-0.25, -0.2) is 0 Å². The first-order valence-corrected chi connectivity index (χ1v) is 38.9. The van der Waals surface area contributed by atoms with E-state index in [1.807, 2.05) is 6.08 Å². The Kier molecular flexibility index (Phi) is 64.0. The monoisotopic (exact) mass is 1290 g/mol. The number of amides is 1. The summed E-state index contributed by atoms with van der Waals surface area (Å²) in [6, 6.07) is -1.03. The zero-order chi connectivity index (χ0) is 66.7. The number of ether oxygens (including phenoxy) is 3. The van der Waals surface area contributed by atoms with Gasteiger partial charge >= 0.3 is 5.97 Å². The molecule has 6 N–H and O–H groups in total. The average molecular weight is 1290 g/mol. The molecule has 0 aromatic heterocycles. The van der Waals surface area contributed by atoms with Gasteiger partial charge in [0.1, 0.15) is 24.4 Å². The lowest BCUT2D eigenvalue weighted by Crippen LogP contribution is -2.61. The van der Waals surface area contributed by atoms with Crippen molar-refractivity contribution in [3.05, 3.63) is 85.1 Å². The lowest BCUT2D eigenvalue weighted by Gasteiger charge is -2.41. The van der Waals surface area contributed by atoms with Gasteiger partial charge < -0.3 is 45.1 Å². The minimum Gasteiger partial charge on any atom is -0.454 e. The second-order valence-corrected chi connectivity index (χ2v) is 26.7. The Morgan fingerprint density at radius 1 is 0.424 bits per heavy atom. The fourth-order valence-corrected chi connectivity index (χ4v) is 11.9. The SMILES string of the molecule is CCCCC/C=C\C/C=C\C/C=C\C/C=C\CCCCCCCCCCC(O)C(=O)NC(COC1OC(CO)C(O)C(O)C1OC(=O)CCCCCCCCCCCCCCCCCCC/C=C\C/C=C\CCCCC)C(O)/C=C/CCCCCCCCCCCC. The molecule has 1 rings (SSSR count). The fraction of sp³-hybridized carbons (Fsp3) is 0.802. The number of unbranched alkanes of at least 4 members (excludes halogenated alkanes) is 41. The smallest absolute Gasteiger partial charge is 0.306 e. The molecule has 92 heavy (non-hydrogen) atoms. The summed E-state index contributed by atoms with van der Waals surface area (Å²) in [5, 5.41) is 57.4. The summed E-state index contributed by atoms with van der Waals surface area (Å²) in [4.78, 5) is 26.8. The summed E-state index contributed by atoms with van der Waals surface area (Å²) >= 11 is 0. The van der Waals surface area contributed by atoms with Crippen LogP contribution in [0.15, 0.2) is 85.1 Å². The van der Waals surface area contributed by atoms with Gasteiger partial charge in [0.2, 0.25) is 5.91 Å². The lowest BCUT2D eigenvalue weighted by atomic mass is 9.99. The molecule has 0 aromatic rings. The maximum Gasteiger partial charge on any atom is 0.306 e. The molecule has 0 spiro atoms. The molecular formula is C81H145NO10. The maximum atomic E-state index is 13.5. The summed E-state index contributed by atoms with van der Waals surface area (Å²) in [5.74, 6) is -1.19. The third kappa shape index (κ3) is 54.0. The van der Waals surface area contributed by atoms with Crippen molar-refractivity contribution in [2.24, 2.45) is 0 Å². The predicted molar refractivity (Wildman–Crippen MR) is 389 cm³/mol. The zero-order valence-corrected chi connectivity index (χ0v) is 59.7. The van der Waals surface area contributed by atoms with Crippen LogP contribution in [0, 0.1) is 0 Å². The molecule has 0 saturated carbocycles. The molecule has 534 valence electrons. The first-order chi connectivity index (χ1) is 45.2. The zero-order valence-electron chi connectivity index (χ0n) is 59.7. The topological polar surface area (TPSA) is 175 Å². The molecule has 11 nitrogen and oxygen atoms in total. The Bertz CT molecular complexity index is 1830. The van der Waals surface area contributed by atoms with Gasteiger partial charge in [-0.05, 0) is 103 Å². The van der Waals surface area contributed by atoms with Crippen LogP contribution < -0.4 is 5.32 Å². The van der Waals surface area contributed by atoms with E-state index in [9.17, 15) is 35.1 Å². The molecule has 1 fully saturated rings. The van der Waals surface area contributed by atoms with Crippen LogP contribution in [0.3, 0.4) is 0 Å². The number of esters is 1. The Labute approximate surface area is 565 Å². The molecule has 1 heterocycles. The van der Waals surface area contributed by atoms with Crippen molar-refractivity contribution in [2.75, 3.05) is 13.2 Å². The van der Waals surface area contributed by atoms with Crippen LogP contribution in [0.4, 0.5) is 0 Å². The highest BCUT2D eigenvalue weighted by Gasteiger charge is 2.47. The van der Waals surface area contributed by atoms with Gasteiger partial charge in [0.15, 0.2) is 12.4 Å². The molecule has 0 aliphatic carbocycles. The molecule has 8 unspecified atom stereocenters. The van der Waals surface area contributed by atoms with Crippen molar-refractivity contribution in [3.63, 3.8) is 0 Å². The largest absolute Gasteiger partial charge is 0.454 e. The van der Waals surface area contributed by atoms with Crippen molar-refractivity contribution >= 4 is 11.9 Å². The molecule has 8 atom stereocenters. The Morgan fingerprint density at radius 3 is 1.14 bits per heavy atom. The van der Waals surface area contributed by atoms with Gasteiger partial charge in [-0.3, -0.25) is 9.59 Å². The second kappa shape index (κ2) is 67.8. The van der Waals surface area contributed by atoms with Gasteiger partial charge in [0, 0.05) is 6.42 Å². The molecule has 1 aliphatic rings. The van der Waals surface area contributed by atoms with Gasteiger partial charge in [-0.15, -0.1) is 0 Å². The third-order valence-electron chi connectivity index (χ3n) is 18.0. The number of carbonyl (C=O) groups excluding carboxylic acids is 2. The third-order valence-corrected chi connectivity index (χ3v) is 18.0. The number of allylic oxidation sites excluding steroid dienone is 13. The van der Waals surface area contributed by atoms with Gasteiger partial charge in [-0.2, -0.15) is 0 Å². The number of carbonyl (C=O) groups is 2. The molecular weight excluding hydrogens is 1150 g/mol. The summed E-state index contributed by atoms with van der Waals surface area (Å²) in [6.07, 6.45) is 80.6. The number of aliphatic hydroxyl groups is 5. The van der Waals surface area contributed by atoms with Crippen molar-refractivity contribution in [3.8, 4) is 0 Å². The van der Waals surface area contributed by atoms with E-state index in [1.165, 1.54) is 218 Å². The second-order valence-electron chi connectivity index (χ2n) is 26.7. The number of hydrogen-bond acceptors (Lipinski definition) is 10. The molecule has 11 heteroatoms. The van der Waals surface area contributed by atoms with Crippen molar-refractivity contribution in [1.29, 1.82) is 0 Å². The van der Waals surface area contributed by atoms with Crippen LogP contribution in [-0.2, 0) is 23.8 Å². The fourth-order valence-electron chi connectivity index (χ4n) is 11.9. The first-order valence-electron chi connectivity index (χ1n) is 38.9. The van der Waals surface area contributed by atoms with Crippen LogP contribution in [0.5, 0.6) is 0 Å². The minimum atomic E-state index is -1.62. The van der Waals surface area contributed by atoms with Gasteiger partial charge in [0.25, 0.3) is 0 Å². The van der Waals surface area contributed by atoms with E-state index in [0.717, 1.165) is 89.9 Å². The number of nitrogens with one attached hydrogen (secondary N) is 1. The lowest BCUT2D eigenvalue weighted by molar-refractivity contribution is -0.305. The minimum absolute atomic E-state index is 0.123.